The molecule has 1 aromatic heterocycles. The third-order valence-electron chi connectivity index (χ3n) is 1.57. The molecule has 8 heteroatoms. The zero-order valence-corrected chi connectivity index (χ0v) is 9.97. The highest BCUT2D eigenvalue weighted by Gasteiger charge is 2.06. The number of amides is 1. The van der Waals surface area contributed by atoms with E-state index in [4.69, 9.17) is 9.47 Å². The predicted octanol–water partition coefficient (Wildman–Crippen LogP) is 0.131. The van der Waals surface area contributed by atoms with Gasteiger partial charge >= 0.3 is 6.01 Å². The molecule has 0 aromatic carbocycles. The molecule has 1 amide bonds. The van der Waals surface area contributed by atoms with Gasteiger partial charge in [-0.3, -0.25) is 10.1 Å². The number of carbonyl (C=O) groups is 1. The summed E-state index contributed by atoms with van der Waals surface area (Å²) < 4.78 is 9.63. The molecule has 0 atom stereocenters. The highest BCUT2D eigenvalue weighted by molar-refractivity contribution is 7.99. The van der Waals surface area contributed by atoms with Crippen LogP contribution in [0.1, 0.15) is 0 Å². The maximum Gasteiger partial charge on any atom is 0.336 e. The Morgan fingerprint density at radius 2 is 2.38 bits per heavy atom. The van der Waals surface area contributed by atoms with E-state index in [1.807, 2.05) is 0 Å². The van der Waals surface area contributed by atoms with Gasteiger partial charge in [-0.25, -0.2) is 5.10 Å². The molecular weight excluding hydrogens is 232 g/mol. The van der Waals surface area contributed by atoms with E-state index in [-0.39, 0.29) is 17.9 Å². The van der Waals surface area contributed by atoms with Crippen LogP contribution in [0.25, 0.3) is 0 Å². The molecule has 16 heavy (non-hydrogen) atoms. The zero-order chi connectivity index (χ0) is 11.8. The number of nitrogens with zero attached hydrogens (tertiary/aromatic N) is 2. The van der Waals surface area contributed by atoms with E-state index >= 15 is 0 Å². The summed E-state index contributed by atoms with van der Waals surface area (Å²) in [4.78, 5) is 15.2. The van der Waals surface area contributed by atoms with Crippen LogP contribution in [0.5, 0.6) is 6.01 Å². The number of aromatic nitrogens is 3. The summed E-state index contributed by atoms with van der Waals surface area (Å²) in [5.74, 6) is 1.28. The van der Waals surface area contributed by atoms with Crippen LogP contribution in [0, 0.1) is 0 Å². The second-order valence-electron chi connectivity index (χ2n) is 2.76. The minimum absolute atomic E-state index is 0.139. The minimum Gasteiger partial charge on any atom is -0.466 e. The fourth-order valence-electron chi connectivity index (χ4n) is 0.869. The Morgan fingerprint density at radius 3 is 3.00 bits per heavy atom. The normalized spacial score (nSPS) is 10.1. The molecule has 0 bridgehead atoms. The number of rotatable bonds is 7. The lowest BCUT2D eigenvalue weighted by Crippen LogP contribution is -2.15. The summed E-state index contributed by atoms with van der Waals surface area (Å²) in [6, 6.07) is 0.197. The fourth-order valence-corrected chi connectivity index (χ4v) is 1.56. The highest BCUT2D eigenvalue weighted by atomic mass is 32.2. The molecule has 7 nitrogen and oxygen atoms in total. The molecule has 1 heterocycles. The molecule has 0 aliphatic heterocycles. The number of carbonyl (C=O) groups excluding carboxylic acids is 1. The Balaban J connectivity index is 2.23. The smallest absolute Gasteiger partial charge is 0.336 e. The number of anilines is 1. The molecule has 0 saturated heterocycles. The van der Waals surface area contributed by atoms with Gasteiger partial charge < -0.3 is 9.47 Å². The predicted molar refractivity (Wildman–Crippen MR) is 60.8 cm³/mol. The van der Waals surface area contributed by atoms with Crippen LogP contribution in [0.4, 0.5) is 5.95 Å². The summed E-state index contributed by atoms with van der Waals surface area (Å²) in [5.41, 5.74) is 0. The number of methoxy groups -OCH3 is 2. The first-order valence-corrected chi connectivity index (χ1v) is 5.74. The van der Waals surface area contributed by atoms with Crippen molar-refractivity contribution in [2.75, 3.05) is 37.6 Å². The van der Waals surface area contributed by atoms with E-state index in [1.54, 1.807) is 7.11 Å². The lowest BCUT2D eigenvalue weighted by Gasteiger charge is -2.00. The summed E-state index contributed by atoms with van der Waals surface area (Å²) in [7, 11) is 3.08. The number of hydrogen-bond donors (Lipinski definition) is 2. The van der Waals surface area contributed by atoms with Crippen LogP contribution < -0.4 is 10.1 Å². The maximum atomic E-state index is 11.4. The van der Waals surface area contributed by atoms with Gasteiger partial charge in [-0.1, -0.05) is 0 Å². The van der Waals surface area contributed by atoms with Crippen LogP contribution in [0.2, 0.25) is 0 Å². The van der Waals surface area contributed by atoms with Gasteiger partial charge in [0.2, 0.25) is 11.9 Å². The van der Waals surface area contributed by atoms with Crippen molar-refractivity contribution < 1.29 is 14.3 Å². The average Bonchev–Trinajstić information content (AvgIpc) is 2.72. The fraction of sp³-hybridized carbons (Fsp3) is 0.625. The molecular formula is C8H14N4O3S. The molecule has 0 aliphatic rings. The van der Waals surface area contributed by atoms with Crippen molar-refractivity contribution in [1.29, 1.82) is 0 Å². The summed E-state index contributed by atoms with van der Waals surface area (Å²) in [6.07, 6.45) is 0. The first-order chi connectivity index (χ1) is 7.76. The van der Waals surface area contributed by atoms with Crippen LogP contribution >= 0.6 is 11.8 Å². The lowest BCUT2D eigenvalue weighted by atomic mass is 10.7. The van der Waals surface area contributed by atoms with Crippen molar-refractivity contribution >= 4 is 23.6 Å². The third-order valence-corrected chi connectivity index (χ3v) is 2.49. The number of H-pyrrole nitrogens is 1. The van der Waals surface area contributed by atoms with Crippen molar-refractivity contribution in [2.45, 2.75) is 0 Å². The molecule has 2 N–H and O–H groups in total. The van der Waals surface area contributed by atoms with Crippen LogP contribution in [0.15, 0.2) is 0 Å². The standard InChI is InChI=1S/C8H14N4O3S/c1-14-3-4-16-5-6(13)9-7-10-8(15-2)12-11-7/h3-5H2,1-2H3,(H2,9,10,11,12,13). The van der Waals surface area contributed by atoms with E-state index in [2.05, 4.69) is 20.5 Å². The molecule has 0 radical (unpaired) electrons. The Labute approximate surface area is 97.3 Å². The molecule has 90 valence electrons. The first kappa shape index (κ1) is 12.8. The van der Waals surface area contributed by atoms with E-state index in [1.165, 1.54) is 18.9 Å². The number of ether oxygens (including phenoxy) is 2. The second-order valence-corrected chi connectivity index (χ2v) is 3.87. The largest absolute Gasteiger partial charge is 0.466 e. The molecule has 0 saturated carbocycles. The molecule has 1 aromatic rings. The SMILES string of the molecule is COCCSCC(=O)Nc1nc(OC)n[nH]1. The Hall–Kier alpha value is -1.28. The first-order valence-electron chi connectivity index (χ1n) is 4.59. The topological polar surface area (TPSA) is 89.1 Å². The quantitative estimate of drug-likeness (QED) is 0.665. The average molecular weight is 246 g/mol. The number of nitrogens with one attached hydrogen (secondary N) is 2. The van der Waals surface area contributed by atoms with Crippen molar-refractivity contribution in [3.8, 4) is 6.01 Å². The third kappa shape index (κ3) is 4.49. The van der Waals surface area contributed by atoms with E-state index in [9.17, 15) is 4.79 Å². The summed E-state index contributed by atoms with van der Waals surface area (Å²) >= 11 is 1.49. The van der Waals surface area contributed by atoms with Crippen LogP contribution in [-0.2, 0) is 9.53 Å². The molecule has 0 unspecified atom stereocenters. The van der Waals surface area contributed by atoms with Gasteiger partial charge in [0, 0.05) is 12.9 Å². The Morgan fingerprint density at radius 1 is 1.56 bits per heavy atom. The number of hydrogen-bond acceptors (Lipinski definition) is 6. The van der Waals surface area contributed by atoms with Gasteiger partial charge in [0.05, 0.1) is 19.5 Å². The summed E-state index contributed by atoms with van der Waals surface area (Å²) in [6.45, 7) is 0.633. The van der Waals surface area contributed by atoms with Crippen molar-refractivity contribution in [3.05, 3.63) is 0 Å². The molecule has 0 aliphatic carbocycles. The monoisotopic (exact) mass is 246 g/mol. The van der Waals surface area contributed by atoms with Crippen LogP contribution in [0.3, 0.4) is 0 Å². The number of aromatic amines is 1. The molecule has 0 fully saturated rings. The van der Waals surface area contributed by atoms with E-state index < -0.39 is 0 Å². The van der Waals surface area contributed by atoms with E-state index in [0.29, 0.717) is 12.4 Å². The summed E-state index contributed by atoms with van der Waals surface area (Å²) in [5, 5.41) is 8.80. The van der Waals surface area contributed by atoms with Gasteiger partial charge in [0.1, 0.15) is 0 Å². The van der Waals surface area contributed by atoms with E-state index in [0.717, 1.165) is 5.75 Å². The van der Waals surface area contributed by atoms with Gasteiger partial charge in [0.25, 0.3) is 0 Å². The number of thioether (sulfide) groups is 1. The zero-order valence-electron chi connectivity index (χ0n) is 9.15. The van der Waals surface area contributed by atoms with Gasteiger partial charge in [-0.05, 0) is 0 Å². The Kier molecular flexibility index (Phi) is 5.65. The molecule has 0 spiro atoms. The van der Waals surface area contributed by atoms with Crippen molar-refractivity contribution in [1.82, 2.24) is 15.2 Å². The second kappa shape index (κ2) is 7.07. The Bertz CT molecular complexity index is 331. The lowest BCUT2D eigenvalue weighted by molar-refractivity contribution is -0.113. The minimum atomic E-state index is -0.139. The molecule has 1 rings (SSSR count). The van der Waals surface area contributed by atoms with Crippen molar-refractivity contribution in [3.63, 3.8) is 0 Å². The van der Waals surface area contributed by atoms with Crippen molar-refractivity contribution in [2.24, 2.45) is 0 Å². The van der Waals surface area contributed by atoms with Crippen LogP contribution in [-0.4, -0.2) is 53.4 Å². The maximum absolute atomic E-state index is 11.4. The van der Waals surface area contributed by atoms with Gasteiger partial charge in [0.15, 0.2) is 0 Å². The van der Waals surface area contributed by atoms with Gasteiger partial charge in [-0.2, -0.15) is 4.98 Å². The van der Waals surface area contributed by atoms with Gasteiger partial charge in [-0.15, -0.1) is 16.9 Å². The highest BCUT2D eigenvalue weighted by Crippen LogP contribution is 2.06.